The van der Waals surface area contributed by atoms with Gasteiger partial charge in [-0.05, 0) is 12.1 Å². The fraction of sp³-hybridized carbons (Fsp3) is 0.500. The van der Waals surface area contributed by atoms with E-state index in [2.05, 4.69) is 0 Å². The maximum atomic E-state index is 14.6. The molecule has 1 aliphatic carbocycles. The predicted octanol–water partition coefficient (Wildman–Crippen LogP) is 4.25. The number of fused-ring (bicyclic) bond motifs is 1. The Labute approximate surface area is 152 Å². The molecule has 1 amide bonds. The molecule has 1 fully saturated rings. The highest BCUT2D eigenvalue weighted by Crippen LogP contribution is 2.69. The number of carbonyl (C=O) groups is 1. The normalized spacial score (nSPS) is 26.6. The summed E-state index contributed by atoms with van der Waals surface area (Å²) < 4.78 is 159. The highest BCUT2D eigenvalue weighted by Gasteiger charge is 3.02. The summed E-state index contributed by atoms with van der Waals surface area (Å²) in [6.45, 7) is -0.372. The highest BCUT2D eigenvalue weighted by molar-refractivity contribution is 6.00. The molecule has 0 bridgehead atoms. The Morgan fingerprint density at radius 1 is 0.724 bits per heavy atom. The summed E-state index contributed by atoms with van der Waals surface area (Å²) in [6.07, 6.45) is 0. The number of nitrogens with one attached hydrogen (secondary N) is 1. The summed E-state index contributed by atoms with van der Waals surface area (Å²) in [7, 11) is 0. The Bertz CT molecular complexity index is 840. The topological polar surface area (TPSA) is 47.6 Å². The molecule has 0 saturated heterocycles. The minimum Gasteiger partial charge on any atom is -0.454 e. The summed E-state index contributed by atoms with van der Waals surface area (Å²) in [6, 6.07) is 2.32. The van der Waals surface area contributed by atoms with Gasteiger partial charge in [0.25, 0.3) is 5.91 Å². The van der Waals surface area contributed by atoms with Crippen LogP contribution in [0, 0.1) is 0 Å². The minimum absolute atomic E-state index is 0.0102. The van der Waals surface area contributed by atoms with Gasteiger partial charge in [-0.3, -0.25) is 4.79 Å². The van der Waals surface area contributed by atoms with Crippen molar-refractivity contribution in [3.63, 3.8) is 0 Å². The van der Waals surface area contributed by atoms with Gasteiger partial charge >= 0.3 is 35.3 Å². The average molecular weight is 445 g/mol. The standard InChI is InChI=1S/C14H6F11NO3/c15-9(8(27)26-5-1-2-6-7(3-5)29-4-28-6)10(16,17)12(20,21)14(24,25)13(22,23)11(9,18)19/h1-3H,4H2,(H,26,27). The molecule has 0 atom stereocenters. The Hall–Kier alpha value is -2.48. The number of benzene rings is 1. The molecule has 4 nitrogen and oxygen atoms in total. The van der Waals surface area contributed by atoms with Crippen LogP contribution in [0.15, 0.2) is 18.2 Å². The number of ether oxygens (including phenoxy) is 2. The number of rotatable bonds is 2. The third-order valence-corrected chi connectivity index (χ3v) is 4.39. The molecule has 1 aromatic rings. The van der Waals surface area contributed by atoms with Crippen molar-refractivity contribution in [3.05, 3.63) is 18.2 Å². The zero-order chi connectivity index (χ0) is 22.3. The fourth-order valence-corrected chi connectivity index (χ4v) is 2.70. The van der Waals surface area contributed by atoms with Crippen LogP contribution in [0.4, 0.5) is 54.0 Å². The molecule has 0 spiro atoms. The van der Waals surface area contributed by atoms with Crippen molar-refractivity contribution in [2.45, 2.75) is 35.3 Å². The number of anilines is 1. The van der Waals surface area contributed by atoms with E-state index >= 15 is 0 Å². The molecule has 1 N–H and O–H groups in total. The van der Waals surface area contributed by atoms with Gasteiger partial charge in [-0.15, -0.1) is 0 Å². The highest BCUT2D eigenvalue weighted by atomic mass is 19.4. The second kappa shape index (κ2) is 5.56. The second-order valence-corrected chi connectivity index (χ2v) is 6.05. The third-order valence-electron chi connectivity index (χ3n) is 4.39. The van der Waals surface area contributed by atoms with E-state index in [4.69, 9.17) is 9.47 Å². The van der Waals surface area contributed by atoms with Gasteiger partial charge in [0.15, 0.2) is 11.5 Å². The van der Waals surface area contributed by atoms with E-state index in [9.17, 15) is 53.1 Å². The van der Waals surface area contributed by atoms with Gasteiger partial charge in [0.2, 0.25) is 6.79 Å². The number of hydrogen-bond donors (Lipinski definition) is 1. The molecule has 2 aliphatic rings. The molecule has 0 radical (unpaired) electrons. The van der Waals surface area contributed by atoms with E-state index in [1.54, 1.807) is 0 Å². The van der Waals surface area contributed by atoms with Gasteiger partial charge in [-0.25, -0.2) is 4.39 Å². The first kappa shape index (κ1) is 21.2. The van der Waals surface area contributed by atoms with Crippen LogP contribution in [0.5, 0.6) is 11.5 Å². The molecular formula is C14H6F11NO3. The van der Waals surface area contributed by atoms with Crippen molar-refractivity contribution in [2.24, 2.45) is 0 Å². The van der Waals surface area contributed by atoms with Gasteiger partial charge in [0, 0.05) is 11.8 Å². The van der Waals surface area contributed by atoms with Crippen molar-refractivity contribution >= 4 is 11.6 Å². The van der Waals surface area contributed by atoms with Crippen molar-refractivity contribution in [3.8, 4) is 11.5 Å². The van der Waals surface area contributed by atoms with Crippen molar-refractivity contribution < 1.29 is 62.6 Å². The number of carbonyl (C=O) groups excluding carboxylic acids is 1. The molecule has 15 heteroatoms. The molecule has 1 aromatic carbocycles. The lowest BCUT2D eigenvalue weighted by Gasteiger charge is -2.51. The Kier molecular flexibility index (Phi) is 4.07. The lowest BCUT2D eigenvalue weighted by atomic mass is 9.71. The summed E-state index contributed by atoms with van der Waals surface area (Å²) in [5.41, 5.74) is -7.60. The number of alkyl halides is 11. The Balaban J connectivity index is 2.10. The molecule has 29 heavy (non-hydrogen) atoms. The van der Waals surface area contributed by atoms with E-state index in [1.165, 1.54) is 0 Å². The van der Waals surface area contributed by atoms with Crippen LogP contribution in [0.1, 0.15) is 0 Å². The largest absolute Gasteiger partial charge is 0.454 e. The molecular weight excluding hydrogens is 439 g/mol. The Morgan fingerprint density at radius 3 is 1.69 bits per heavy atom. The summed E-state index contributed by atoms with van der Waals surface area (Å²) in [5.74, 6) is -40.2. The smallest absolute Gasteiger partial charge is 0.384 e. The van der Waals surface area contributed by atoms with E-state index in [0.717, 1.165) is 11.4 Å². The van der Waals surface area contributed by atoms with E-state index < -0.39 is 46.9 Å². The van der Waals surface area contributed by atoms with Crippen LogP contribution in [-0.2, 0) is 4.79 Å². The predicted molar refractivity (Wildman–Crippen MR) is 69.8 cm³/mol. The van der Waals surface area contributed by atoms with Crippen molar-refractivity contribution in [1.29, 1.82) is 0 Å². The van der Waals surface area contributed by atoms with Crippen LogP contribution in [-0.4, -0.2) is 48.0 Å². The zero-order valence-electron chi connectivity index (χ0n) is 13.3. The molecule has 1 aliphatic heterocycles. The first-order valence-electron chi connectivity index (χ1n) is 7.26. The van der Waals surface area contributed by atoms with E-state index in [0.29, 0.717) is 12.1 Å². The van der Waals surface area contributed by atoms with Crippen LogP contribution >= 0.6 is 0 Å². The molecule has 0 aromatic heterocycles. The first-order chi connectivity index (χ1) is 13.0. The minimum atomic E-state index is -7.39. The van der Waals surface area contributed by atoms with Crippen LogP contribution in [0.25, 0.3) is 0 Å². The fourth-order valence-electron chi connectivity index (χ4n) is 2.70. The number of hydrogen-bond acceptors (Lipinski definition) is 3. The monoisotopic (exact) mass is 445 g/mol. The van der Waals surface area contributed by atoms with Gasteiger partial charge in [-0.1, -0.05) is 0 Å². The quantitative estimate of drug-likeness (QED) is 0.693. The summed E-state index contributed by atoms with van der Waals surface area (Å²) >= 11 is 0. The summed E-state index contributed by atoms with van der Waals surface area (Å²) in [4.78, 5) is 11.8. The summed E-state index contributed by atoms with van der Waals surface area (Å²) in [5, 5.41) is 0.975. The zero-order valence-corrected chi connectivity index (χ0v) is 13.3. The van der Waals surface area contributed by atoms with Crippen LogP contribution in [0.2, 0.25) is 0 Å². The maximum absolute atomic E-state index is 14.6. The van der Waals surface area contributed by atoms with Crippen LogP contribution < -0.4 is 14.8 Å². The lowest BCUT2D eigenvalue weighted by Crippen LogP contribution is -2.86. The molecule has 3 rings (SSSR count). The number of halogens is 11. The molecule has 162 valence electrons. The number of amides is 1. The van der Waals surface area contributed by atoms with Crippen molar-refractivity contribution in [2.75, 3.05) is 12.1 Å². The second-order valence-electron chi connectivity index (χ2n) is 6.05. The van der Waals surface area contributed by atoms with Gasteiger partial charge in [0.1, 0.15) is 0 Å². The Morgan fingerprint density at radius 2 is 1.17 bits per heavy atom. The molecule has 0 unspecified atom stereocenters. The maximum Gasteiger partial charge on any atom is 0.384 e. The SMILES string of the molecule is O=C(Nc1ccc2c(c1)OCO2)C1(F)C(F)(F)C(F)(F)C(F)(F)C(F)(F)C1(F)F. The lowest BCUT2D eigenvalue weighted by molar-refractivity contribution is -0.475. The van der Waals surface area contributed by atoms with Gasteiger partial charge in [-0.2, -0.15) is 43.9 Å². The van der Waals surface area contributed by atoms with Crippen LogP contribution in [0.3, 0.4) is 0 Å². The molecule has 1 saturated carbocycles. The van der Waals surface area contributed by atoms with Gasteiger partial charge < -0.3 is 14.8 Å². The van der Waals surface area contributed by atoms with E-state index in [1.807, 2.05) is 0 Å². The van der Waals surface area contributed by atoms with Gasteiger partial charge in [0.05, 0.1) is 0 Å². The van der Waals surface area contributed by atoms with E-state index in [-0.39, 0.29) is 18.3 Å². The molecule has 1 heterocycles. The third kappa shape index (κ3) is 2.18. The van der Waals surface area contributed by atoms with Crippen molar-refractivity contribution in [1.82, 2.24) is 0 Å². The first-order valence-corrected chi connectivity index (χ1v) is 7.26. The average Bonchev–Trinajstić information content (AvgIpc) is 3.06.